The number of ether oxygens (including phenoxy) is 1. The number of hydrogen-bond acceptors (Lipinski definition) is 4. The van der Waals surface area contributed by atoms with Crippen LogP contribution in [0.1, 0.15) is 28.7 Å². The Balaban J connectivity index is 1.77. The molecule has 1 aliphatic rings. The van der Waals surface area contributed by atoms with Gasteiger partial charge in [-0.25, -0.2) is 0 Å². The summed E-state index contributed by atoms with van der Waals surface area (Å²) in [6.07, 6.45) is 1.46. The number of nitrogens with zero attached hydrogens (tertiary/aromatic N) is 1. The highest BCUT2D eigenvalue weighted by Gasteiger charge is 2.23. The lowest BCUT2D eigenvalue weighted by molar-refractivity contribution is -0.119. The van der Waals surface area contributed by atoms with Crippen LogP contribution >= 0.6 is 11.3 Å². The summed E-state index contributed by atoms with van der Waals surface area (Å²) in [5.41, 5.74) is 2.25. The molecule has 0 spiro atoms. The first kappa shape index (κ1) is 18.1. The molecule has 1 N–H and O–H groups in total. The standard InChI is InChI=1S/C20H26N2O2S/c1-3-16-5-7-18(8-6-16)22(13-19-9-4-15(2)25-19)20(23)12-17-14-24-11-10-21-17/h4-9,17,21H,3,10-14H2,1-2H3. The zero-order valence-corrected chi connectivity index (χ0v) is 15.8. The molecule has 4 nitrogen and oxygen atoms in total. The summed E-state index contributed by atoms with van der Waals surface area (Å²) < 4.78 is 5.49. The maximum Gasteiger partial charge on any atom is 0.228 e. The molecule has 5 heteroatoms. The predicted molar refractivity (Wildman–Crippen MR) is 103 cm³/mol. The zero-order valence-electron chi connectivity index (χ0n) is 15.0. The van der Waals surface area contributed by atoms with Gasteiger partial charge in [0.05, 0.1) is 19.8 Å². The third-order valence-corrected chi connectivity index (χ3v) is 5.47. The van der Waals surface area contributed by atoms with Crippen molar-refractivity contribution in [1.82, 2.24) is 5.32 Å². The number of aryl methyl sites for hydroxylation is 2. The molecule has 1 unspecified atom stereocenters. The third kappa shape index (κ3) is 4.91. The van der Waals surface area contributed by atoms with Crippen LogP contribution in [0.5, 0.6) is 0 Å². The van der Waals surface area contributed by atoms with Crippen LogP contribution in [0.2, 0.25) is 0 Å². The molecule has 2 heterocycles. The molecule has 2 aromatic rings. The van der Waals surface area contributed by atoms with Crippen molar-refractivity contribution >= 4 is 22.9 Å². The van der Waals surface area contributed by atoms with Gasteiger partial charge in [-0.05, 0) is 43.2 Å². The molecule has 1 aromatic heterocycles. The fourth-order valence-electron chi connectivity index (χ4n) is 3.03. The number of benzene rings is 1. The topological polar surface area (TPSA) is 41.6 Å². The van der Waals surface area contributed by atoms with Crippen molar-refractivity contribution in [3.8, 4) is 0 Å². The Morgan fingerprint density at radius 3 is 2.68 bits per heavy atom. The summed E-state index contributed by atoms with van der Waals surface area (Å²) in [5.74, 6) is 0.137. The quantitative estimate of drug-likeness (QED) is 0.859. The van der Waals surface area contributed by atoms with Gasteiger partial charge in [-0.1, -0.05) is 19.1 Å². The van der Waals surface area contributed by atoms with Gasteiger partial charge in [0, 0.05) is 34.4 Å². The van der Waals surface area contributed by atoms with E-state index in [4.69, 9.17) is 4.74 Å². The molecule has 1 saturated heterocycles. The first-order chi connectivity index (χ1) is 12.2. The van der Waals surface area contributed by atoms with Crippen LogP contribution in [0.4, 0.5) is 5.69 Å². The molecule has 0 bridgehead atoms. The summed E-state index contributed by atoms with van der Waals surface area (Å²) in [4.78, 5) is 17.4. The maximum absolute atomic E-state index is 13.0. The first-order valence-electron chi connectivity index (χ1n) is 8.91. The van der Waals surface area contributed by atoms with Crippen LogP contribution in [0.3, 0.4) is 0 Å². The smallest absolute Gasteiger partial charge is 0.228 e. The minimum atomic E-state index is 0.101. The second-order valence-electron chi connectivity index (χ2n) is 6.44. The van der Waals surface area contributed by atoms with Crippen LogP contribution in [0, 0.1) is 6.92 Å². The van der Waals surface area contributed by atoms with Crippen molar-refractivity contribution in [2.24, 2.45) is 0 Å². The van der Waals surface area contributed by atoms with Gasteiger partial charge < -0.3 is 15.0 Å². The van der Waals surface area contributed by atoms with Crippen LogP contribution in [0.25, 0.3) is 0 Å². The minimum absolute atomic E-state index is 0.101. The Morgan fingerprint density at radius 1 is 1.28 bits per heavy atom. The van der Waals surface area contributed by atoms with Crippen molar-refractivity contribution in [3.63, 3.8) is 0 Å². The van der Waals surface area contributed by atoms with Crippen LogP contribution in [-0.4, -0.2) is 31.7 Å². The van der Waals surface area contributed by atoms with E-state index in [9.17, 15) is 4.79 Å². The lowest BCUT2D eigenvalue weighted by Gasteiger charge is -2.28. The van der Waals surface area contributed by atoms with Crippen molar-refractivity contribution in [2.75, 3.05) is 24.7 Å². The lowest BCUT2D eigenvalue weighted by Crippen LogP contribution is -2.45. The highest BCUT2D eigenvalue weighted by atomic mass is 32.1. The lowest BCUT2D eigenvalue weighted by atomic mass is 10.1. The predicted octanol–water partition coefficient (Wildman–Crippen LogP) is 3.53. The highest BCUT2D eigenvalue weighted by molar-refractivity contribution is 7.11. The van der Waals surface area contributed by atoms with Crippen molar-refractivity contribution in [1.29, 1.82) is 0 Å². The number of amides is 1. The van der Waals surface area contributed by atoms with E-state index in [0.717, 1.165) is 25.3 Å². The van der Waals surface area contributed by atoms with E-state index in [-0.39, 0.29) is 11.9 Å². The third-order valence-electron chi connectivity index (χ3n) is 4.49. The van der Waals surface area contributed by atoms with Gasteiger partial charge in [0.25, 0.3) is 0 Å². The van der Waals surface area contributed by atoms with Gasteiger partial charge in [0.2, 0.25) is 5.91 Å². The number of hydrogen-bond donors (Lipinski definition) is 1. The molecule has 0 aliphatic carbocycles. The number of nitrogens with one attached hydrogen (secondary N) is 1. The maximum atomic E-state index is 13.0. The molecule has 134 valence electrons. The summed E-state index contributed by atoms with van der Waals surface area (Å²) in [5, 5.41) is 3.37. The minimum Gasteiger partial charge on any atom is -0.378 e. The SMILES string of the molecule is CCc1ccc(N(Cc2ccc(C)s2)C(=O)CC2COCCN2)cc1. The second-order valence-corrected chi connectivity index (χ2v) is 7.81. The van der Waals surface area contributed by atoms with Crippen LogP contribution in [0.15, 0.2) is 36.4 Å². The Labute approximate surface area is 153 Å². The van der Waals surface area contributed by atoms with Crippen molar-refractivity contribution in [3.05, 3.63) is 51.7 Å². The first-order valence-corrected chi connectivity index (χ1v) is 9.73. The summed E-state index contributed by atoms with van der Waals surface area (Å²) in [6.45, 7) is 7.00. The molecule has 3 rings (SSSR count). The molecular weight excluding hydrogens is 332 g/mol. The summed E-state index contributed by atoms with van der Waals surface area (Å²) >= 11 is 1.75. The number of carbonyl (C=O) groups is 1. The molecule has 1 amide bonds. The second kappa shape index (κ2) is 8.61. The van der Waals surface area contributed by atoms with Gasteiger partial charge in [-0.3, -0.25) is 4.79 Å². The van der Waals surface area contributed by atoms with Crippen LogP contribution < -0.4 is 10.2 Å². The number of carbonyl (C=O) groups excluding carboxylic acids is 1. The molecule has 0 radical (unpaired) electrons. The van der Waals surface area contributed by atoms with E-state index in [1.54, 1.807) is 11.3 Å². The van der Waals surface area contributed by atoms with Gasteiger partial charge >= 0.3 is 0 Å². The van der Waals surface area contributed by atoms with E-state index < -0.39 is 0 Å². The molecule has 1 fully saturated rings. The molecule has 25 heavy (non-hydrogen) atoms. The monoisotopic (exact) mass is 358 g/mol. The normalized spacial score (nSPS) is 17.4. The molecule has 1 aromatic carbocycles. The van der Waals surface area contributed by atoms with Crippen molar-refractivity contribution < 1.29 is 9.53 Å². The van der Waals surface area contributed by atoms with E-state index in [0.29, 0.717) is 19.6 Å². The Kier molecular flexibility index (Phi) is 6.24. The van der Waals surface area contributed by atoms with E-state index in [1.807, 2.05) is 4.90 Å². The Morgan fingerprint density at radius 2 is 2.08 bits per heavy atom. The average Bonchev–Trinajstić information content (AvgIpc) is 3.05. The fourth-order valence-corrected chi connectivity index (χ4v) is 3.91. The van der Waals surface area contributed by atoms with Crippen molar-refractivity contribution in [2.45, 2.75) is 39.3 Å². The molecular formula is C20H26N2O2S. The van der Waals surface area contributed by atoms with Gasteiger partial charge in [-0.15, -0.1) is 11.3 Å². The number of anilines is 1. The zero-order chi connectivity index (χ0) is 17.6. The summed E-state index contributed by atoms with van der Waals surface area (Å²) in [7, 11) is 0. The number of thiophene rings is 1. The van der Waals surface area contributed by atoms with E-state index >= 15 is 0 Å². The number of morpholine rings is 1. The Bertz CT molecular complexity index is 690. The van der Waals surface area contributed by atoms with E-state index in [2.05, 4.69) is 55.6 Å². The Hall–Kier alpha value is -1.69. The van der Waals surface area contributed by atoms with Gasteiger partial charge in [-0.2, -0.15) is 0 Å². The van der Waals surface area contributed by atoms with Crippen LogP contribution in [-0.2, 0) is 22.5 Å². The summed E-state index contributed by atoms with van der Waals surface area (Å²) in [6, 6.07) is 12.7. The number of rotatable bonds is 6. The van der Waals surface area contributed by atoms with Gasteiger partial charge in [0.15, 0.2) is 0 Å². The largest absolute Gasteiger partial charge is 0.378 e. The average molecular weight is 359 g/mol. The molecule has 0 saturated carbocycles. The fraction of sp³-hybridized carbons (Fsp3) is 0.450. The highest BCUT2D eigenvalue weighted by Crippen LogP contribution is 2.24. The van der Waals surface area contributed by atoms with Gasteiger partial charge in [0.1, 0.15) is 0 Å². The molecule has 1 aliphatic heterocycles. The molecule has 1 atom stereocenters. The van der Waals surface area contributed by atoms with E-state index in [1.165, 1.54) is 15.3 Å².